The molecule has 1 N–H and O–H groups in total. The van der Waals surface area contributed by atoms with Gasteiger partial charge in [0.15, 0.2) is 0 Å². The molecule has 122 valence electrons. The average molecular weight is 311 g/mol. The van der Waals surface area contributed by atoms with Gasteiger partial charge in [0.25, 0.3) is 5.91 Å². The highest BCUT2D eigenvalue weighted by Gasteiger charge is 2.20. The van der Waals surface area contributed by atoms with E-state index >= 15 is 0 Å². The smallest absolute Gasteiger partial charge is 0.251 e. The summed E-state index contributed by atoms with van der Waals surface area (Å²) in [4.78, 5) is 12.3. The highest BCUT2D eigenvalue weighted by molar-refractivity contribution is 5.98. The van der Waals surface area contributed by atoms with Crippen LogP contribution in [0.1, 0.15) is 45.1 Å². The third-order valence-corrected chi connectivity index (χ3v) is 4.35. The number of hydrogen-bond donors (Lipinski definition) is 1. The summed E-state index contributed by atoms with van der Waals surface area (Å²) in [7, 11) is 0. The topological polar surface area (TPSA) is 38.3 Å². The van der Waals surface area contributed by atoms with Crippen molar-refractivity contribution in [3.05, 3.63) is 63.7 Å². The van der Waals surface area contributed by atoms with E-state index in [1.54, 1.807) is 0 Å². The van der Waals surface area contributed by atoms with Crippen molar-refractivity contribution in [2.45, 2.75) is 41.2 Å². The van der Waals surface area contributed by atoms with Crippen molar-refractivity contribution in [3.63, 3.8) is 0 Å². The lowest BCUT2D eigenvalue weighted by molar-refractivity contribution is 0.0954. The molecule has 0 atom stereocenters. The molecule has 0 bridgehead atoms. The summed E-state index contributed by atoms with van der Waals surface area (Å²) < 4.78 is 6.08. The second-order valence-corrected chi connectivity index (χ2v) is 5.84. The molecule has 3 nitrogen and oxygen atoms in total. The van der Waals surface area contributed by atoms with Gasteiger partial charge in [0.2, 0.25) is 0 Å². The predicted octanol–water partition coefficient (Wildman–Crippen LogP) is 4.25. The van der Waals surface area contributed by atoms with Crippen molar-refractivity contribution in [1.29, 1.82) is 0 Å². The van der Waals surface area contributed by atoms with Crippen molar-refractivity contribution < 1.29 is 9.53 Å². The van der Waals surface area contributed by atoms with Crippen LogP contribution in [0.4, 0.5) is 0 Å². The lowest BCUT2D eigenvalue weighted by Crippen LogP contribution is -2.25. The number of ether oxygens (including phenoxy) is 1. The summed E-state index contributed by atoms with van der Waals surface area (Å²) in [6.07, 6.45) is 0. The molecule has 2 aromatic rings. The lowest BCUT2D eigenvalue weighted by Gasteiger charge is -2.20. The van der Waals surface area contributed by atoms with E-state index in [-0.39, 0.29) is 5.91 Å². The minimum Gasteiger partial charge on any atom is -0.488 e. The van der Waals surface area contributed by atoms with Crippen LogP contribution in [0.15, 0.2) is 30.3 Å². The van der Waals surface area contributed by atoms with E-state index in [1.165, 1.54) is 0 Å². The summed E-state index contributed by atoms with van der Waals surface area (Å²) >= 11 is 0. The maximum absolute atomic E-state index is 12.3. The minimum absolute atomic E-state index is 0.0108. The first-order chi connectivity index (χ1) is 11.0. The van der Waals surface area contributed by atoms with Crippen LogP contribution in [0.3, 0.4) is 0 Å². The zero-order valence-corrected chi connectivity index (χ0v) is 14.6. The van der Waals surface area contributed by atoms with Gasteiger partial charge < -0.3 is 10.1 Å². The SMILES string of the molecule is CCNC(=O)c1c(C)c(C)c(OCc2ccccc2)c(C)c1C. The molecule has 0 saturated carbocycles. The molecule has 0 aliphatic rings. The van der Waals surface area contributed by atoms with Crippen LogP contribution in [0.25, 0.3) is 0 Å². The molecule has 0 aromatic heterocycles. The molecule has 23 heavy (non-hydrogen) atoms. The first kappa shape index (κ1) is 17.1. The quantitative estimate of drug-likeness (QED) is 0.896. The Labute approximate surface area is 138 Å². The number of carbonyl (C=O) groups excluding carboxylic acids is 1. The Morgan fingerprint density at radius 1 is 0.957 bits per heavy atom. The van der Waals surface area contributed by atoms with Crippen LogP contribution in [0.2, 0.25) is 0 Å². The van der Waals surface area contributed by atoms with E-state index in [9.17, 15) is 4.79 Å². The molecule has 0 aliphatic carbocycles. The molecular formula is C20H25NO2. The van der Waals surface area contributed by atoms with Gasteiger partial charge in [-0.2, -0.15) is 0 Å². The minimum atomic E-state index is -0.0108. The number of rotatable bonds is 5. The average Bonchev–Trinajstić information content (AvgIpc) is 2.54. The van der Waals surface area contributed by atoms with Gasteiger partial charge in [-0.15, -0.1) is 0 Å². The van der Waals surface area contributed by atoms with Crippen molar-refractivity contribution >= 4 is 5.91 Å². The second-order valence-electron chi connectivity index (χ2n) is 5.84. The Morgan fingerprint density at radius 3 is 2.04 bits per heavy atom. The molecule has 2 rings (SSSR count). The zero-order chi connectivity index (χ0) is 17.0. The van der Waals surface area contributed by atoms with Crippen LogP contribution in [-0.4, -0.2) is 12.5 Å². The number of nitrogens with one attached hydrogen (secondary N) is 1. The molecule has 0 radical (unpaired) electrons. The normalized spacial score (nSPS) is 10.5. The highest BCUT2D eigenvalue weighted by atomic mass is 16.5. The Kier molecular flexibility index (Phi) is 5.43. The first-order valence-corrected chi connectivity index (χ1v) is 8.02. The number of hydrogen-bond acceptors (Lipinski definition) is 2. The fraction of sp³-hybridized carbons (Fsp3) is 0.350. The Bertz CT molecular complexity index is 676. The van der Waals surface area contributed by atoms with Gasteiger partial charge in [-0.05, 0) is 62.4 Å². The summed E-state index contributed by atoms with van der Waals surface area (Å²) in [5.41, 5.74) is 5.95. The van der Waals surface area contributed by atoms with Gasteiger partial charge in [-0.25, -0.2) is 0 Å². The summed E-state index contributed by atoms with van der Waals surface area (Å²) in [6.45, 7) is 11.1. The van der Waals surface area contributed by atoms with E-state index in [0.29, 0.717) is 13.2 Å². The van der Waals surface area contributed by atoms with Crippen LogP contribution < -0.4 is 10.1 Å². The summed E-state index contributed by atoms with van der Waals surface area (Å²) in [6, 6.07) is 10.1. The van der Waals surface area contributed by atoms with Crippen LogP contribution in [0.5, 0.6) is 5.75 Å². The largest absolute Gasteiger partial charge is 0.488 e. The van der Waals surface area contributed by atoms with E-state index in [0.717, 1.165) is 39.1 Å². The summed E-state index contributed by atoms with van der Waals surface area (Å²) in [5, 5.41) is 2.90. The van der Waals surface area contributed by atoms with E-state index in [4.69, 9.17) is 4.74 Å². The van der Waals surface area contributed by atoms with Gasteiger partial charge in [0.05, 0.1) is 0 Å². The fourth-order valence-corrected chi connectivity index (χ4v) is 2.81. The summed E-state index contributed by atoms with van der Waals surface area (Å²) in [5.74, 6) is 0.875. The fourth-order valence-electron chi connectivity index (χ4n) is 2.81. The molecular weight excluding hydrogens is 286 g/mol. The van der Waals surface area contributed by atoms with Crippen molar-refractivity contribution in [3.8, 4) is 5.75 Å². The molecule has 0 unspecified atom stereocenters. The third-order valence-electron chi connectivity index (χ3n) is 4.35. The van der Waals surface area contributed by atoms with E-state index in [1.807, 2.05) is 65.0 Å². The first-order valence-electron chi connectivity index (χ1n) is 8.02. The van der Waals surface area contributed by atoms with Crippen LogP contribution in [-0.2, 0) is 6.61 Å². The maximum atomic E-state index is 12.3. The monoisotopic (exact) mass is 311 g/mol. The van der Waals surface area contributed by atoms with Crippen LogP contribution >= 0.6 is 0 Å². The molecule has 1 amide bonds. The van der Waals surface area contributed by atoms with Crippen molar-refractivity contribution in [1.82, 2.24) is 5.32 Å². The van der Waals surface area contributed by atoms with Gasteiger partial charge in [-0.3, -0.25) is 4.79 Å². The third kappa shape index (κ3) is 3.55. The molecule has 0 saturated heterocycles. The molecule has 0 fully saturated rings. The Balaban J connectivity index is 2.36. The molecule has 0 aliphatic heterocycles. The molecule has 3 heteroatoms. The number of benzene rings is 2. The van der Waals surface area contributed by atoms with Gasteiger partial charge in [-0.1, -0.05) is 30.3 Å². The second kappa shape index (κ2) is 7.32. The van der Waals surface area contributed by atoms with Gasteiger partial charge >= 0.3 is 0 Å². The maximum Gasteiger partial charge on any atom is 0.251 e. The molecule has 2 aromatic carbocycles. The van der Waals surface area contributed by atoms with Gasteiger partial charge in [0, 0.05) is 12.1 Å². The van der Waals surface area contributed by atoms with E-state index in [2.05, 4.69) is 5.32 Å². The van der Waals surface area contributed by atoms with Gasteiger partial charge in [0.1, 0.15) is 12.4 Å². The molecule has 0 spiro atoms. The highest BCUT2D eigenvalue weighted by Crippen LogP contribution is 2.33. The Morgan fingerprint density at radius 2 is 1.52 bits per heavy atom. The number of amides is 1. The van der Waals surface area contributed by atoms with Crippen LogP contribution in [0, 0.1) is 27.7 Å². The lowest BCUT2D eigenvalue weighted by atomic mass is 9.92. The zero-order valence-electron chi connectivity index (χ0n) is 14.6. The van der Waals surface area contributed by atoms with Crippen molar-refractivity contribution in [2.24, 2.45) is 0 Å². The molecule has 0 heterocycles. The number of carbonyl (C=O) groups is 1. The van der Waals surface area contributed by atoms with E-state index < -0.39 is 0 Å². The standard InChI is InChI=1S/C20H25NO2/c1-6-21-20(22)18-13(2)15(4)19(16(5)14(18)3)23-12-17-10-8-7-9-11-17/h7-11H,6,12H2,1-5H3,(H,21,22). The predicted molar refractivity (Wildman–Crippen MR) is 94.2 cm³/mol. The van der Waals surface area contributed by atoms with Crippen molar-refractivity contribution in [2.75, 3.05) is 6.54 Å². The Hall–Kier alpha value is -2.29.